The lowest BCUT2D eigenvalue weighted by molar-refractivity contribution is -0.138. The summed E-state index contributed by atoms with van der Waals surface area (Å²) in [6.07, 6.45) is -3.90. The summed E-state index contributed by atoms with van der Waals surface area (Å²) in [6.45, 7) is 7.79. The fraction of sp³-hybridized carbons (Fsp3) is 0.306. The number of alkyl halides is 6. The van der Waals surface area contributed by atoms with Crippen molar-refractivity contribution in [1.29, 1.82) is 5.26 Å². The number of pyridine rings is 2. The smallest absolute Gasteiger partial charge is 0.267 e. The largest absolute Gasteiger partial charge is 0.417 e. The molecule has 2 aromatic heterocycles. The first-order valence-electron chi connectivity index (χ1n) is 15.5. The van der Waals surface area contributed by atoms with Gasteiger partial charge in [-0.3, -0.25) is 9.59 Å². The predicted octanol–water partition coefficient (Wildman–Crippen LogP) is 9.09. The first kappa shape index (κ1) is 38.2. The average molecular weight is 684 g/mol. The van der Waals surface area contributed by atoms with Crippen LogP contribution in [0.3, 0.4) is 0 Å². The van der Waals surface area contributed by atoms with Gasteiger partial charge in [-0.25, -0.2) is 0 Å². The van der Waals surface area contributed by atoms with Gasteiger partial charge in [0.1, 0.15) is 11.6 Å². The second kappa shape index (κ2) is 16.7. The summed E-state index contributed by atoms with van der Waals surface area (Å²) in [6, 6.07) is 20.3. The van der Waals surface area contributed by atoms with Crippen molar-refractivity contribution >= 4 is 12.4 Å². The number of nitriles is 1. The molecule has 258 valence electrons. The number of halogens is 6. The van der Waals surface area contributed by atoms with Gasteiger partial charge in [0.2, 0.25) is 0 Å². The molecule has 0 aliphatic rings. The second-order valence-electron chi connectivity index (χ2n) is 11.0. The van der Waals surface area contributed by atoms with Gasteiger partial charge in [0.05, 0.1) is 22.5 Å². The molecule has 4 aromatic rings. The van der Waals surface area contributed by atoms with E-state index in [4.69, 9.17) is 5.26 Å². The van der Waals surface area contributed by atoms with E-state index >= 15 is 0 Å². The zero-order chi connectivity index (χ0) is 36.4. The van der Waals surface area contributed by atoms with E-state index in [1.54, 1.807) is 73.1 Å². The number of hydrogen-bond donors (Lipinski definition) is 0. The molecular weight excluding hydrogens is 648 g/mol. The first-order valence-corrected chi connectivity index (χ1v) is 15.5. The van der Waals surface area contributed by atoms with E-state index in [2.05, 4.69) is 10.2 Å². The Morgan fingerprint density at radius 2 is 1.24 bits per heavy atom. The maximum Gasteiger partial charge on any atom is 0.417 e. The van der Waals surface area contributed by atoms with Gasteiger partial charge in [-0.2, -0.15) is 51.2 Å². The first-order chi connectivity index (χ1) is 23.2. The van der Waals surface area contributed by atoms with Crippen molar-refractivity contribution in [3.05, 3.63) is 116 Å². The van der Waals surface area contributed by atoms with Crippen LogP contribution in [-0.2, 0) is 12.4 Å². The Kier molecular flexibility index (Phi) is 13.0. The van der Waals surface area contributed by atoms with Crippen LogP contribution in [-0.4, -0.2) is 21.8 Å². The van der Waals surface area contributed by atoms with E-state index < -0.39 is 40.2 Å². The average Bonchev–Trinajstić information content (AvgIpc) is 3.08. The second-order valence-corrected chi connectivity index (χ2v) is 11.0. The van der Waals surface area contributed by atoms with Crippen LogP contribution in [0.1, 0.15) is 63.6 Å². The maximum absolute atomic E-state index is 13.3. The molecule has 2 aromatic carbocycles. The summed E-state index contributed by atoms with van der Waals surface area (Å²) >= 11 is 0. The van der Waals surface area contributed by atoms with Crippen molar-refractivity contribution in [2.24, 2.45) is 22.0 Å². The summed E-state index contributed by atoms with van der Waals surface area (Å²) in [7, 11) is 0. The Bertz CT molecular complexity index is 1920. The van der Waals surface area contributed by atoms with Crippen LogP contribution < -0.4 is 11.1 Å². The monoisotopic (exact) mass is 683 g/mol. The fourth-order valence-corrected chi connectivity index (χ4v) is 4.47. The van der Waals surface area contributed by atoms with Gasteiger partial charge in [0, 0.05) is 29.6 Å². The highest BCUT2D eigenvalue weighted by molar-refractivity contribution is 5.66. The lowest BCUT2D eigenvalue weighted by Crippen LogP contribution is -2.26. The molecule has 0 saturated heterocycles. The highest BCUT2D eigenvalue weighted by atomic mass is 19.4. The third-order valence-corrected chi connectivity index (χ3v) is 7.60. The van der Waals surface area contributed by atoms with Gasteiger partial charge >= 0.3 is 12.4 Å². The number of hydrogen-bond acceptors (Lipinski definition) is 5. The molecule has 49 heavy (non-hydrogen) atoms. The van der Waals surface area contributed by atoms with E-state index in [0.717, 1.165) is 40.7 Å². The standard InChI is InChI=1S/C19H18F3N3O.C17H17F3N2O/c1-3-13(4-2)12-24-25-17(14-8-6-5-7-9-14)10-16(19(20,21)22)15(11-23)18(25)26;1-3-12(2)11-21-22-15(13-7-5-4-6-8-13)9-14(10-16(22)23)17(18,19)20/h5-10,12-13H,3-4H2,1-2H3;4-12H,3H2,1-2H3. The molecule has 0 aliphatic carbocycles. The molecule has 0 aliphatic heterocycles. The third kappa shape index (κ3) is 9.88. The van der Waals surface area contributed by atoms with E-state index in [1.807, 2.05) is 27.7 Å². The van der Waals surface area contributed by atoms with Crippen molar-refractivity contribution < 1.29 is 26.3 Å². The Hall–Kier alpha value is -5.25. The SMILES string of the molecule is CCC(C)C=Nn1c(-c2ccccc2)cc(C(F)(F)F)cc1=O.CCC(C=Nn1c(-c2ccccc2)cc(C(F)(F)F)c(C#N)c1=O)CC. The number of nitrogens with zero attached hydrogens (tertiary/aromatic N) is 5. The van der Waals surface area contributed by atoms with Gasteiger partial charge in [-0.05, 0) is 43.2 Å². The highest BCUT2D eigenvalue weighted by Crippen LogP contribution is 2.34. The van der Waals surface area contributed by atoms with Crippen molar-refractivity contribution in [3.8, 4) is 28.6 Å². The predicted molar refractivity (Wildman–Crippen MR) is 178 cm³/mol. The summed E-state index contributed by atoms with van der Waals surface area (Å²) < 4.78 is 80.8. The number of aromatic nitrogens is 2. The summed E-state index contributed by atoms with van der Waals surface area (Å²) in [5, 5.41) is 17.3. The van der Waals surface area contributed by atoms with Crippen LogP contribution >= 0.6 is 0 Å². The molecule has 0 N–H and O–H groups in total. The molecule has 0 fully saturated rings. The van der Waals surface area contributed by atoms with Gasteiger partial charge in [-0.15, -0.1) is 0 Å². The molecule has 0 spiro atoms. The van der Waals surface area contributed by atoms with Gasteiger partial charge in [0.25, 0.3) is 11.1 Å². The molecule has 1 unspecified atom stereocenters. The van der Waals surface area contributed by atoms with Crippen LogP contribution in [0.4, 0.5) is 26.3 Å². The minimum atomic E-state index is -4.81. The molecule has 7 nitrogen and oxygen atoms in total. The number of rotatable bonds is 9. The molecule has 0 amide bonds. The highest BCUT2D eigenvalue weighted by Gasteiger charge is 2.37. The number of benzene rings is 2. The minimum absolute atomic E-state index is 0.0101. The summed E-state index contributed by atoms with van der Waals surface area (Å²) in [4.78, 5) is 24.7. The zero-order valence-electron chi connectivity index (χ0n) is 27.3. The molecule has 0 radical (unpaired) electrons. The Labute approximate surface area is 279 Å². The quantitative estimate of drug-likeness (QED) is 0.130. The van der Waals surface area contributed by atoms with E-state index in [1.165, 1.54) is 6.07 Å². The normalized spacial score (nSPS) is 12.6. The van der Waals surface area contributed by atoms with Gasteiger partial charge < -0.3 is 0 Å². The van der Waals surface area contributed by atoms with Crippen molar-refractivity contribution in [1.82, 2.24) is 9.35 Å². The lowest BCUT2D eigenvalue weighted by Gasteiger charge is -2.15. The molecule has 4 rings (SSSR count). The summed E-state index contributed by atoms with van der Waals surface area (Å²) in [5.41, 5.74) is -4.07. The van der Waals surface area contributed by atoms with Crippen molar-refractivity contribution in [2.45, 2.75) is 59.3 Å². The molecule has 0 saturated carbocycles. The molecule has 13 heteroatoms. The van der Waals surface area contributed by atoms with Gasteiger partial charge in [-0.1, -0.05) is 88.4 Å². The van der Waals surface area contributed by atoms with Crippen LogP contribution in [0.15, 0.2) is 98.7 Å². The molecule has 2 heterocycles. The van der Waals surface area contributed by atoms with Crippen LogP contribution in [0, 0.1) is 23.2 Å². The third-order valence-electron chi connectivity index (χ3n) is 7.60. The lowest BCUT2D eigenvalue weighted by atomic mass is 10.0. The van der Waals surface area contributed by atoms with E-state index in [0.29, 0.717) is 17.2 Å². The van der Waals surface area contributed by atoms with E-state index in [9.17, 15) is 35.9 Å². The Balaban J connectivity index is 0.000000267. The van der Waals surface area contributed by atoms with Gasteiger partial charge in [0.15, 0.2) is 0 Å². The fourth-order valence-electron chi connectivity index (χ4n) is 4.47. The molecule has 1 atom stereocenters. The van der Waals surface area contributed by atoms with E-state index in [-0.39, 0.29) is 23.2 Å². The van der Waals surface area contributed by atoms with Crippen molar-refractivity contribution in [2.75, 3.05) is 0 Å². The summed E-state index contributed by atoms with van der Waals surface area (Å²) in [5.74, 6) is 0.200. The Morgan fingerprint density at radius 3 is 1.69 bits per heavy atom. The van der Waals surface area contributed by atoms with Crippen molar-refractivity contribution in [3.63, 3.8) is 0 Å². The Morgan fingerprint density at radius 1 is 0.735 bits per heavy atom. The molecular formula is C36H35F6N5O2. The van der Waals surface area contributed by atoms with Crippen LogP contribution in [0.25, 0.3) is 22.5 Å². The topological polar surface area (TPSA) is 92.5 Å². The minimum Gasteiger partial charge on any atom is -0.267 e. The van der Waals surface area contributed by atoms with Crippen LogP contribution in [0.2, 0.25) is 0 Å². The molecule has 0 bridgehead atoms. The van der Waals surface area contributed by atoms with Crippen LogP contribution in [0.5, 0.6) is 0 Å². The maximum atomic E-state index is 13.3. The zero-order valence-corrected chi connectivity index (χ0v) is 27.3.